The highest BCUT2D eigenvalue weighted by Gasteiger charge is 2.38. The number of nitrogens with zero attached hydrogens (tertiary/aromatic N) is 2. The van der Waals surface area contributed by atoms with E-state index in [1.807, 2.05) is 20.8 Å². The zero-order chi connectivity index (χ0) is 14.1. The molecule has 1 heterocycles. The number of hydrogen-bond donors (Lipinski definition) is 2. The van der Waals surface area contributed by atoms with Crippen LogP contribution >= 0.6 is 0 Å². The molecule has 1 amide bonds. The fraction of sp³-hybridized carbons (Fsp3) is 0.643. The highest BCUT2D eigenvalue weighted by molar-refractivity contribution is 5.97. The summed E-state index contributed by atoms with van der Waals surface area (Å²) in [5.41, 5.74) is -0.812. The zero-order valence-electron chi connectivity index (χ0n) is 11.7. The summed E-state index contributed by atoms with van der Waals surface area (Å²) in [6.45, 7) is 6.09. The van der Waals surface area contributed by atoms with Gasteiger partial charge in [-0.2, -0.15) is 0 Å². The number of aliphatic hydroxyl groups is 1. The fourth-order valence-corrected chi connectivity index (χ4v) is 2.21. The number of aromatic nitrogens is 2. The van der Waals surface area contributed by atoms with Crippen molar-refractivity contribution in [1.29, 1.82) is 0 Å². The maximum absolute atomic E-state index is 12.0. The molecule has 0 saturated heterocycles. The second kappa shape index (κ2) is 4.89. The molecule has 0 bridgehead atoms. The van der Waals surface area contributed by atoms with Crippen LogP contribution in [0.4, 0.5) is 5.69 Å². The van der Waals surface area contributed by atoms with Crippen LogP contribution in [0.15, 0.2) is 12.4 Å². The number of amides is 1. The Morgan fingerprint density at radius 3 is 2.26 bits per heavy atom. The van der Waals surface area contributed by atoms with Gasteiger partial charge in [-0.1, -0.05) is 20.8 Å². The molecule has 0 aromatic carbocycles. The Morgan fingerprint density at radius 1 is 1.26 bits per heavy atom. The smallest absolute Gasteiger partial charge is 0.256 e. The molecule has 0 spiro atoms. The van der Waals surface area contributed by atoms with Crippen molar-refractivity contribution < 1.29 is 9.90 Å². The van der Waals surface area contributed by atoms with Crippen LogP contribution < -0.4 is 5.32 Å². The molecule has 5 nitrogen and oxygen atoms in total. The van der Waals surface area contributed by atoms with E-state index in [2.05, 4.69) is 15.3 Å². The third-order valence-electron chi connectivity index (χ3n) is 3.43. The molecule has 0 aliphatic heterocycles. The summed E-state index contributed by atoms with van der Waals surface area (Å²) in [5.74, 6) is 0.377. The third-order valence-corrected chi connectivity index (χ3v) is 3.43. The van der Waals surface area contributed by atoms with Gasteiger partial charge in [0.25, 0.3) is 5.91 Å². The zero-order valence-corrected chi connectivity index (χ0v) is 11.7. The molecular weight excluding hydrogens is 242 g/mol. The van der Waals surface area contributed by atoms with Crippen molar-refractivity contribution in [3.05, 3.63) is 18.2 Å². The molecule has 104 valence electrons. The van der Waals surface area contributed by atoms with E-state index in [1.165, 1.54) is 0 Å². The molecule has 1 fully saturated rings. The van der Waals surface area contributed by atoms with E-state index >= 15 is 0 Å². The summed E-state index contributed by atoms with van der Waals surface area (Å²) in [6, 6.07) is 0. The van der Waals surface area contributed by atoms with Crippen molar-refractivity contribution in [2.24, 2.45) is 0 Å². The SMILES string of the molecule is CC(C)(C)c1ncc(NC(=O)C2(O)CCCC2)cn1. The molecule has 0 unspecified atom stereocenters. The molecule has 2 rings (SSSR count). The lowest BCUT2D eigenvalue weighted by molar-refractivity contribution is -0.133. The van der Waals surface area contributed by atoms with Gasteiger partial charge in [0, 0.05) is 5.41 Å². The first kappa shape index (κ1) is 13.9. The largest absolute Gasteiger partial charge is 0.380 e. The van der Waals surface area contributed by atoms with Crippen molar-refractivity contribution in [1.82, 2.24) is 9.97 Å². The quantitative estimate of drug-likeness (QED) is 0.856. The summed E-state index contributed by atoms with van der Waals surface area (Å²) in [5, 5.41) is 12.8. The lowest BCUT2D eigenvalue weighted by atomic mass is 9.96. The first-order valence-corrected chi connectivity index (χ1v) is 6.68. The molecule has 0 radical (unpaired) electrons. The number of carbonyl (C=O) groups is 1. The van der Waals surface area contributed by atoms with E-state index in [0.29, 0.717) is 18.5 Å². The second-order valence-electron chi connectivity index (χ2n) is 6.24. The Bertz CT molecular complexity index is 457. The van der Waals surface area contributed by atoms with Crippen molar-refractivity contribution in [2.75, 3.05) is 5.32 Å². The van der Waals surface area contributed by atoms with Gasteiger partial charge in [-0.25, -0.2) is 9.97 Å². The number of nitrogens with one attached hydrogen (secondary N) is 1. The second-order valence-corrected chi connectivity index (χ2v) is 6.24. The van der Waals surface area contributed by atoms with Crippen molar-refractivity contribution in [3.63, 3.8) is 0 Å². The summed E-state index contributed by atoms with van der Waals surface area (Å²) in [4.78, 5) is 20.5. The van der Waals surface area contributed by atoms with Crippen LogP contribution in [0, 0.1) is 0 Å². The van der Waals surface area contributed by atoms with E-state index in [9.17, 15) is 9.90 Å². The molecule has 1 aromatic rings. The van der Waals surface area contributed by atoms with Crippen LogP contribution in [0.1, 0.15) is 52.3 Å². The van der Waals surface area contributed by atoms with Gasteiger partial charge in [0.1, 0.15) is 11.4 Å². The molecule has 1 saturated carbocycles. The lowest BCUT2D eigenvalue weighted by Crippen LogP contribution is -2.40. The lowest BCUT2D eigenvalue weighted by Gasteiger charge is -2.21. The molecule has 19 heavy (non-hydrogen) atoms. The predicted molar refractivity (Wildman–Crippen MR) is 72.8 cm³/mol. The Morgan fingerprint density at radius 2 is 1.79 bits per heavy atom. The van der Waals surface area contributed by atoms with Gasteiger partial charge in [0.05, 0.1) is 18.1 Å². The third kappa shape index (κ3) is 3.10. The molecule has 2 N–H and O–H groups in total. The van der Waals surface area contributed by atoms with Crippen LogP contribution in [0.3, 0.4) is 0 Å². The van der Waals surface area contributed by atoms with Gasteiger partial charge in [-0.15, -0.1) is 0 Å². The molecule has 1 aliphatic rings. The van der Waals surface area contributed by atoms with Crippen molar-refractivity contribution in [2.45, 2.75) is 57.5 Å². The van der Waals surface area contributed by atoms with Crippen LogP contribution in [-0.2, 0) is 10.2 Å². The minimum atomic E-state index is -1.22. The van der Waals surface area contributed by atoms with Crippen molar-refractivity contribution >= 4 is 11.6 Å². The van der Waals surface area contributed by atoms with Crippen LogP contribution in [0.2, 0.25) is 0 Å². The molecule has 1 aromatic heterocycles. The standard InChI is InChI=1S/C14H21N3O2/c1-13(2,3)11-15-8-10(9-16-11)17-12(18)14(19)6-4-5-7-14/h8-9,19H,4-7H2,1-3H3,(H,17,18). The number of rotatable bonds is 2. The first-order valence-electron chi connectivity index (χ1n) is 6.68. The molecular formula is C14H21N3O2. The Labute approximate surface area is 113 Å². The number of anilines is 1. The van der Waals surface area contributed by atoms with Crippen molar-refractivity contribution in [3.8, 4) is 0 Å². The number of hydrogen-bond acceptors (Lipinski definition) is 4. The maximum Gasteiger partial charge on any atom is 0.256 e. The summed E-state index contributed by atoms with van der Waals surface area (Å²) < 4.78 is 0. The first-order chi connectivity index (χ1) is 8.81. The van der Waals surface area contributed by atoms with E-state index in [1.54, 1.807) is 12.4 Å². The minimum Gasteiger partial charge on any atom is -0.380 e. The number of carbonyl (C=O) groups excluding carboxylic acids is 1. The predicted octanol–water partition coefficient (Wildman–Crippen LogP) is 2.02. The highest BCUT2D eigenvalue weighted by Crippen LogP contribution is 2.30. The molecule has 5 heteroatoms. The maximum atomic E-state index is 12.0. The van der Waals surface area contributed by atoms with Gasteiger partial charge in [0.2, 0.25) is 0 Å². The average molecular weight is 263 g/mol. The van der Waals surface area contributed by atoms with Crippen LogP contribution in [0.25, 0.3) is 0 Å². The van der Waals surface area contributed by atoms with E-state index < -0.39 is 5.60 Å². The normalized spacial score (nSPS) is 18.3. The van der Waals surface area contributed by atoms with E-state index in [4.69, 9.17) is 0 Å². The molecule has 1 aliphatic carbocycles. The van der Waals surface area contributed by atoms with Gasteiger partial charge >= 0.3 is 0 Å². The van der Waals surface area contributed by atoms with Crippen LogP contribution in [-0.4, -0.2) is 26.6 Å². The Kier molecular flexibility index (Phi) is 3.58. The minimum absolute atomic E-state index is 0.119. The Hall–Kier alpha value is -1.49. The Balaban J connectivity index is 2.06. The summed E-state index contributed by atoms with van der Waals surface area (Å²) in [6.07, 6.45) is 6.01. The van der Waals surface area contributed by atoms with E-state index in [0.717, 1.165) is 18.7 Å². The highest BCUT2D eigenvalue weighted by atomic mass is 16.3. The summed E-state index contributed by atoms with van der Waals surface area (Å²) in [7, 11) is 0. The van der Waals surface area contributed by atoms with E-state index in [-0.39, 0.29) is 11.3 Å². The van der Waals surface area contributed by atoms with Crippen LogP contribution in [0.5, 0.6) is 0 Å². The van der Waals surface area contributed by atoms with Gasteiger partial charge in [0.15, 0.2) is 0 Å². The van der Waals surface area contributed by atoms with Gasteiger partial charge in [-0.05, 0) is 25.7 Å². The average Bonchev–Trinajstić information content (AvgIpc) is 2.77. The fourth-order valence-electron chi connectivity index (χ4n) is 2.21. The topological polar surface area (TPSA) is 75.1 Å². The van der Waals surface area contributed by atoms with Gasteiger partial charge in [-0.3, -0.25) is 4.79 Å². The molecule has 0 atom stereocenters. The summed E-state index contributed by atoms with van der Waals surface area (Å²) >= 11 is 0. The van der Waals surface area contributed by atoms with Gasteiger partial charge < -0.3 is 10.4 Å². The monoisotopic (exact) mass is 263 g/mol.